The van der Waals surface area contributed by atoms with Crippen LogP contribution in [0.1, 0.15) is 84.2 Å². The fourth-order valence-corrected chi connectivity index (χ4v) is 4.99. The number of hydrogen-bond acceptors (Lipinski definition) is 8. The van der Waals surface area contributed by atoms with Crippen molar-refractivity contribution < 1.29 is 28.5 Å². The summed E-state index contributed by atoms with van der Waals surface area (Å²) in [6.07, 6.45) is 10.0. The van der Waals surface area contributed by atoms with E-state index in [1.54, 1.807) is 85.2 Å². The monoisotopic (exact) mass is 696 g/mol. The van der Waals surface area contributed by atoms with Crippen LogP contribution in [0.2, 0.25) is 0 Å². The largest absolute Gasteiger partial charge is 0.494 e. The van der Waals surface area contributed by atoms with Crippen LogP contribution in [0.25, 0.3) is 0 Å². The number of carbonyl (C=O) groups excluding carboxylic acids is 2. The minimum Gasteiger partial charge on any atom is -0.494 e. The van der Waals surface area contributed by atoms with Gasteiger partial charge in [-0.3, -0.25) is 9.98 Å². The Hall–Kier alpha value is -6.02. The van der Waals surface area contributed by atoms with Crippen LogP contribution in [0.3, 0.4) is 0 Å². The summed E-state index contributed by atoms with van der Waals surface area (Å²) in [4.78, 5) is 34.4. The zero-order valence-corrected chi connectivity index (χ0v) is 29.7. The molecule has 0 atom stereocenters. The second kappa shape index (κ2) is 20.0. The number of benzene rings is 5. The van der Waals surface area contributed by atoms with Gasteiger partial charge in [0.25, 0.3) is 0 Å². The fraction of sp³-hybridized carbons (Fsp3) is 0.227. The Morgan fingerprint density at radius 2 is 0.885 bits per heavy atom. The topological polar surface area (TPSA) is 95.8 Å². The molecule has 52 heavy (non-hydrogen) atoms. The molecule has 0 aliphatic heterocycles. The van der Waals surface area contributed by atoms with E-state index in [4.69, 9.17) is 18.9 Å². The molecule has 0 aromatic heterocycles. The van der Waals surface area contributed by atoms with Gasteiger partial charge in [-0.25, -0.2) is 9.59 Å². The molecule has 0 heterocycles. The minimum absolute atomic E-state index is 0.434. The first-order chi connectivity index (χ1) is 25.5. The number of rotatable bonds is 18. The molecule has 0 amide bonds. The highest BCUT2D eigenvalue weighted by atomic mass is 16.5. The van der Waals surface area contributed by atoms with Gasteiger partial charge in [-0.1, -0.05) is 45.6 Å². The summed E-state index contributed by atoms with van der Waals surface area (Å²) in [5, 5.41) is 0. The van der Waals surface area contributed by atoms with E-state index in [0.29, 0.717) is 35.8 Å². The average molecular weight is 697 g/mol. The summed E-state index contributed by atoms with van der Waals surface area (Å²) in [7, 11) is 0. The smallest absolute Gasteiger partial charge is 0.343 e. The molecule has 0 saturated carbocycles. The number of nitrogens with zero attached hydrogens (tertiary/aromatic N) is 2. The lowest BCUT2D eigenvalue weighted by atomic mass is 10.2. The summed E-state index contributed by atoms with van der Waals surface area (Å²) in [5.74, 6) is 1.49. The summed E-state index contributed by atoms with van der Waals surface area (Å²) in [6.45, 7) is 5.63. The molecule has 5 aromatic carbocycles. The first-order valence-electron chi connectivity index (χ1n) is 17.8. The molecule has 0 aliphatic rings. The van der Waals surface area contributed by atoms with Crippen molar-refractivity contribution in [2.24, 2.45) is 9.98 Å². The number of carbonyl (C=O) groups is 2. The molecule has 0 fully saturated rings. The SMILES string of the molecule is CCCCCOc1ccc(C(=O)Oc2ccc(C=Nc3cccc(N=Cc4ccc(OC(=O)c5ccc(OCCCCC)cc5)cc4)c3)cc2)cc1. The Balaban J connectivity index is 1.08. The molecule has 0 aliphatic carbocycles. The van der Waals surface area contributed by atoms with Crippen LogP contribution in [0.5, 0.6) is 23.0 Å². The summed E-state index contributed by atoms with van der Waals surface area (Å²) in [6, 6.07) is 35.8. The van der Waals surface area contributed by atoms with E-state index in [1.807, 2.05) is 48.5 Å². The Labute approximate surface area is 305 Å². The second-order valence-corrected chi connectivity index (χ2v) is 12.1. The summed E-state index contributed by atoms with van der Waals surface area (Å²) >= 11 is 0. The standard InChI is InChI=1S/C44H44N2O6/c1-3-5-7-28-49-39-24-16-35(17-25-39)43(47)51-41-20-12-33(13-21-41)31-45-37-10-9-11-38(30-37)46-32-34-14-22-42(23-15-34)52-44(48)36-18-26-40(27-19-36)50-29-8-6-4-2/h9-27,30-32H,3-8,28-29H2,1-2H3. The third-order valence-electron chi connectivity index (χ3n) is 7.95. The molecule has 0 spiro atoms. The third-order valence-corrected chi connectivity index (χ3v) is 7.95. The van der Waals surface area contributed by atoms with Crippen LogP contribution in [-0.2, 0) is 0 Å². The van der Waals surface area contributed by atoms with Gasteiger partial charge in [0.1, 0.15) is 23.0 Å². The average Bonchev–Trinajstić information content (AvgIpc) is 3.18. The van der Waals surface area contributed by atoms with E-state index < -0.39 is 11.9 Å². The van der Waals surface area contributed by atoms with Crippen LogP contribution >= 0.6 is 0 Å². The Kier molecular flexibility index (Phi) is 14.3. The summed E-state index contributed by atoms with van der Waals surface area (Å²) in [5.41, 5.74) is 4.08. The van der Waals surface area contributed by atoms with E-state index in [-0.39, 0.29) is 0 Å². The van der Waals surface area contributed by atoms with Gasteiger partial charge >= 0.3 is 11.9 Å². The van der Waals surface area contributed by atoms with E-state index in [9.17, 15) is 9.59 Å². The molecular formula is C44H44N2O6. The van der Waals surface area contributed by atoms with Crippen molar-refractivity contribution in [1.29, 1.82) is 0 Å². The van der Waals surface area contributed by atoms with E-state index >= 15 is 0 Å². The summed E-state index contributed by atoms with van der Waals surface area (Å²) < 4.78 is 22.5. The number of esters is 2. The van der Waals surface area contributed by atoms with Crippen LogP contribution in [0, 0.1) is 0 Å². The molecule has 0 radical (unpaired) electrons. The molecular weight excluding hydrogens is 652 g/mol. The molecule has 0 unspecified atom stereocenters. The Morgan fingerprint density at radius 1 is 0.500 bits per heavy atom. The number of hydrogen-bond donors (Lipinski definition) is 0. The van der Waals surface area contributed by atoms with Crippen molar-refractivity contribution in [3.8, 4) is 23.0 Å². The first kappa shape index (κ1) is 37.2. The number of unbranched alkanes of at least 4 members (excludes halogenated alkanes) is 4. The van der Waals surface area contributed by atoms with Gasteiger partial charge in [0.15, 0.2) is 0 Å². The van der Waals surface area contributed by atoms with Crippen LogP contribution < -0.4 is 18.9 Å². The molecule has 0 saturated heterocycles. The van der Waals surface area contributed by atoms with Crippen molar-refractivity contribution >= 4 is 35.7 Å². The highest BCUT2D eigenvalue weighted by molar-refractivity contribution is 5.92. The van der Waals surface area contributed by atoms with Gasteiger partial charge < -0.3 is 18.9 Å². The predicted octanol–water partition coefficient (Wildman–Crippen LogP) is 10.8. The Bertz CT molecular complexity index is 1780. The zero-order valence-electron chi connectivity index (χ0n) is 29.7. The van der Waals surface area contributed by atoms with Crippen LogP contribution in [0.4, 0.5) is 11.4 Å². The maximum atomic E-state index is 12.6. The molecule has 8 nitrogen and oxygen atoms in total. The highest BCUT2D eigenvalue weighted by Gasteiger charge is 2.10. The van der Waals surface area contributed by atoms with Gasteiger partial charge in [0, 0.05) is 12.4 Å². The first-order valence-corrected chi connectivity index (χ1v) is 17.8. The van der Waals surface area contributed by atoms with E-state index in [0.717, 1.165) is 72.5 Å². The predicted molar refractivity (Wildman–Crippen MR) is 207 cm³/mol. The normalized spacial score (nSPS) is 11.1. The second-order valence-electron chi connectivity index (χ2n) is 12.1. The molecule has 5 aromatic rings. The maximum absolute atomic E-state index is 12.6. The van der Waals surface area contributed by atoms with Crippen LogP contribution in [0.15, 0.2) is 131 Å². The van der Waals surface area contributed by atoms with Gasteiger partial charge in [0.05, 0.1) is 35.7 Å². The minimum atomic E-state index is -0.434. The highest BCUT2D eigenvalue weighted by Crippen LogP contribution is 2.22. The zero-order chi connectivity index (χ0) is 36.4. The lowest BCUT2D eigenvalue weighted by molar-refractivity contribution is 0.0725. The van der Waals surface area contributed by atoms with Gasteiger partial charge in [0.2, 0.25) is 0 Å². The van der Waals surface area contributed by atoms with Crippen molar-refractivity contribution in [1.82, 2.24) is 0 Å². The van der Waals surface area contributed by atoms with E-state index in [2.05, 4.69) is 23.8 Å². The van der Waals surface area contributed by atoms with Gasteiger partial charge in [-0.15, -0.1) is 0 Å². The van der Waals surface area contributed by atoms with Crippen molar-refractivity contribution in [3.63, 3.8) is 0 Å². The quantitative estimate of drug-likeness (QED) is 0.0392. The van der Waals surface area contributed by atoms with Crippen LogP contribution in [-0.4, -0.2) is 37.6 Å². The Morgan fingerprint density at radius 3 is 1.27 bits per heavy atom. The lowest BCUT2D eigenvalue weighted by Gasteiger charge is -2.07. The van der Waals surface area contributed by atoms with Gasteiger partial charge in [-0.05, 0) is 139 Å². The maximum Gasteiger partial charge on any atom is 0.343 e. The van der Waals surface area contributed by atoms with Crippen molar-refractivity contribution in [2.45, 2.75) is 52.4 Å². The molecule has 8 heteroatoms. The number of aliphatic imine (C=N–C) groups is 2. The number of ether oxygens (including phenoxy) is 4. The van der Waals surface area contributed by atoms with E-state index in [1.165, 1.54) is 0 Å². The van der Waals surface area contributed by atoms with Crippen molar-refractivity contribution in [3.05, 3.63) is 144 Å². The van der Waals surface area contributed by atoms with Gasteiger partial charge in [-0.2, -0.15) is 0 Å². The van der Waals surface area contributed by atoms with Crippen molar-refractivity contribution in [2.75, 3.05) is 13.2 Å². The molecule has 0 bridgehead atoms. The fourth-order valence-electron chi connectivity index (χ4n) is 4.99. The third kappa shape index (κ3) is 12.1. The lowest BCUT2D eigenvalue weighted by Crippen LogP contribution is -2.08. The molecule has 266 valence electrons. The molecule has 5 rings (SSSR count). The molecule has 0 N–H and O–H groups in total.